The predicted octanol–water partition coefficient (Wildman–Crippen LogP) is 6.80. The normalized spacial score (nSPS) is 34.2. The second-order valence-electron chi connectivity index (χ2n) is 9.18. The fourth-order valence-electron chi connectivity index (χ4n) is 5.03. The highest BCUT2D eigenvalue weighted by Crippen LogP contribution is 2.55. The lowest BCUT2D eigenvalue weighted by Gasteiger charge is -2.51. The van der Waals surface area contributed by atoms with E-state index in [4.69, 9.17) is 0 Å². The highest BCUT2D eigenvalue weighted by atomic mass is 14.5. The molecule has 3 rings (SSSR count). The van der Waals surface area contributed by atoms with Gasteiger partial charge in [0.15, 0.2) is 0 Å². The Labute approximate surface area is 144 Å². The molecule has 0 saturated heterocycles. The van der Waals surface area contributed by atoms with Crippen molar-refractivity contribution in [1.29, 1.82) is 0 Å². The van der Waals surface area contributed by atoms with E-state index >= 15 is 0 Å². The molecule has 0 aromatic rings. The van der Waals surface area contributed by atoms with E-state index in [0.29, 0.717) is 5.92 Å². The summed E-state index contributed by atoms with van der Waals surface area (Å²) in [4.78, 5) is 0. The number of rotatable bonds is 5. The molecule has 0 nitrogen and oxygen atoms in total. The quantitative estimate of drug-likeness (QED) is 0.490. The van der Waals surface area contributed by atoms with Crippen LogP contribution in [0.2, 0.25) is 0 Å². The standard InChI is InChI=1S/C23H36/c1-14(2)7-8-19-13-16(5)20-11-9-18-10-12-21(18)23(20)22(19)17(6)15(3)4/h9,11,13-15,17-18,20-21,23H,7-8,10,12H2,1-6H3. The van der Waals surface area contributed by atoms with Gasteiger partial charge in [0.2, 0.25) is 0 Å². The van der Waals surface area contributed by atoms with Crippen molar-refractivity contribution in [3.8, 4) is 0 Å². The predicted molar refractivity (Wildman–Crippen MR) is 101 cm³/mol. The largest absolute Gasteiger partial charge is 0.0845 e. The fraction of sp³-hybridized carbons (Fsp3) is 0.739. The molecule has 0 aromatic heterocycles. The molecule has 0 N–H and O–H groups in total. The fourth-order valence-corrected chi connectivity index (χ4v) is 5.03. The van der Waals surface area contributed by atoms with Crippen LogP contribution in [0.25, 0.3) is 0 Å². The highest BCUT2D eigenvalue weighted by Gasteiger charge is 2.46. The van der Waals surface area contributed by atoms with Gasteiger partial charge >= 0.3 is 0 Å². The molecule has 0 aliphatic heterocycles. The minimum atomic E-state index is 0.690. The summed E-state index contributed by atoms with van der Waals surface area (Å²) in [6.07, 6.45) is 13.2. The van der Waals surface area contributed by atoms with Gasteiger partial charge in [-0.1, -0.05) is 64.0 Å². The van der Waals surface area contributed by atoms with E-state index in [9.17, 15) is 0 Å². The summed E-state index contributed by atoms with van der Waals surface area (Å²) in [6.45, 7) is 14.4. The van der Waals surface area contributed by atoms with Crippen molar-refractivity contribution in [2.45, 2.75) is 67.2 Å². The first-order valence-electron chi connectivity index (χ1n) is 9.99. The molecule has 0 bridgehead atoms. The van der Waals surface area contributed by atoms with Crippen molar-refractivity contribution in [3.63, 3.8) is 0 Å². The minimum Gasteiger partial charge on any atom is -0.0845 e. The van der Waals surface area contributed by atoms with Crippen molar-refractivity contribution in [1.82, 2.24) is 0 Å². The van der Waals surface area contributed by atoms with Crippen LogP contribution in [0.5, 0.6) is 0 Å². The molecule has 1 saturated carbocycles. The molecule has 0 spiro atoms. The van der Waals surface area contributed by atoms with Crippen LogP contribution < -0.4 is 0 Å². The molecule has 5 unspecified atom stereocenters. The Morgan fingerprint density at radius 3 is 2.35 bits per heavy atom. The summed E-state index contributed by atoms with van der Waals surface area (Å²) in [5.41, 5.74) is 5.17. The molecule has 5 atom stereocenters. The maximum atomic E-state index is 2.57. The van der Waals surface area contributed by atoms with E-state index in [1.165, 1.54) is 25.7 Å². The zero-order chi connectivity index (χ0) is 16.7. The molecule has 0 heterocycles. The minimum absolute atomic E-state index is 0.690. The summed E-state index contributed by atoms with van der Waals surface area (Å²) in [6, 6.07) is 0. The van der Waals surface area contributed by atoms with Crippen LogP contribution in [0, 0.1) is 41.4 Å². The molecule has 3 aliphatic carbocycles. The zero-order valence-electron chi connectivity index (χ0n) is 16.1. The summed E-state index contributed by atoms with van der Waals surface area (Å²) in [5, 5.41) is 0. The Hall–Kier alpha value is -0.780. The molecule has 128 valence electrons. The third kappa shape index (κ3) is 3.11. The van der Waals surface area contributed by atoms with Crippen LogP contribution in [-0.2, 0) is 0 Å². The van der Waals surface area contributed by atoms with Crippen molar-refractivity contribution >= 4 is 0 Å². The monoisotopic (exact) mass is 312 g/mol. The van der Waals surface area contributed by atoms with Gasteiger partial charge in [0.25, 0.3) is 0 Å². The van der Waals surface area contributed by atoms with Gasteiger partial charge in [-0.25, -0.2) is 0 Å². The first-order chi connectivity index (χ1) is 10.9. The van der Waals surface area contributed by atoms with Gasteiger partial charge in [-0.15, -0.1) is 0 Å². The molecular formula is C23H36. The lowest BCUT2D eigenvalue weighted by molar-refractivity contribution is 0.117. The van der Waals surface area contributed by atoms with E-state index in [0.717, 1.165) is 35.5 Å². The van der Waals surface area contributed by atoms with Gasteiger partial charge in [0.05, 0.1) is 0 Å². The van der Waals surface area contributed by atoms with Gasteiger partial charge in [-0.05, 0) is 73.7 Å². The first-order valence-corrected chi connectivity index (χ1v) is 9.99. The lowest BCUT2D eigenvalue weighted by atomic mass is 9.53. The van der Waals surface area contributed by atoms with Crippen LogP contribution in [0.4, 0.5) is 0 Å². The summed E-state index contributed by atoms with van der Waals surface area (Å²) >= 11 is 0. The average Bonchev–Trinajstić information content (AvgIpc) is 2.45. The molecule has 1 fully saturated rings. The Morgan fingerprint density at radius 2 is 1.78 bits per heavy atom. The summed E-state index contributed by atoms with van der Waals surface area (Å²) in [7, 11) is 0. The van der Waals surface area contributed by atoms with E-state index in [-0.39, 0.29) is 0 Å². The molecular weight excluding hydrogens is 276 g/mol. The second kappa shape index (κ2) is 6.61. The zero-order valence-corrected chi connectivity index (χ0v) is 16.1. The number of hydrogen-bond acceptors (Lipinski definition) is 0. The van der Waals surface area contributed by atoms with E-state index in [1.807, 2.05) is 5.57 Å². The molecule has 0 radical (unpaired) electrons. The van der Waals surface area contributed by atoms with Crippen LogP contribution in [0.1, 0.15) is 67.2 Å². The highest BCUT2D eigenvalue weighted by molar-refractivity contribution is 5.42. The second-order valence-corrected chi connectivity index (χ2v) is 9.18. The Kier molecular flexibility index (Phi) is 4.90. The van der Waals surface area contributed by atoms with Crippen molar-refractivity contribution in [2.24, 2.45) is 41.4 Å². The summed E-state index contributed by atoms with van der Waals surface area (Å²) in [5.74, 6) is 5.57. The molecule has 23 heavy (non-hydrogen) atoms. The summed E-state index contributed by atoms with van der Waals surface area (Å²) < 4.78 is 0. The third-order valence-electron chi connectivity index (χ3n) is 6.94. The Bertz CT molecular complexity index is 528. The molecule has 0 aromatic carbocycles. The lowest BCUT2D eigenvalue weighted by Crippen LogP contribution is -2.42. The van der Waals surface area contributed by atoms with Gasteiger partial charge < -0.3 is 0 Å². The Balaban J connectivity index is 2.01. The van der Waals surface area contributed by atoms with E-state index in [2.05, 4.69) is 59.8 Å². The first kappa shape index (κ1) is 17.1. The van der Waals surface area contributed by atoms with Gasteiger partial charge in [0, 0.05) is 5.92 Å². The van der Waals surface area contributed by atoms with Gasteiger partial charge in [0.1, 0.15) is 0 Å². The van der Waals surface area contributed by atoms with Crippen LogP contribution >= 0.6 is 0 Å². The SMILES string of the molecule is CC1=CC(CCC(C)C)=C(C(C)C(C)C)C2C1C=CC1CCC12. The van der Waals surface area contributed by atoms with Crippen molar-refractivity contribution in [3.05, 3.63) is 34.9 Å². The smallest absolute Gasteiger partial charge is 0.00460 e. The third-order valence-corrected chi connectivity index (χ3v) is 6.94. The topological polar surface area (TPSA) is 0 Å². The van der Waals surface area contributed by atoms with Crippen molar-refractivity contribution < 1.29 is 0 Å². The number of hydrogen-bond donors (Lipinski definition) is 0. The number of fused-ring (bicyclic) bond motifs is 3. The van der Waals surface area contributed by atoms with Crippen LogP contribution in [-0.4, -0.2) is 0 Å². The van der Waals surface area contributed by atoms with E-state index in [1.54, 1.807) is 11.1 Å². The average molecular weight is 313 g/mol. The maximum Gasteiger partial charge on any atom is 0.00460 e. The Morgan fingerprint density at radius 1 is 1.04 bits per heavy atom. The number of allylic oxidation sites excluding steroid dienone is 6. The van der Waals surface area contributed by atoms with Gasteiger partial charge in [-0.2, -0.15) is 0 Å². The molecule has 3 aliphatic rings. The van der Waals surface area contributed by atoms with Gasteiger partial charge in [-0.3, -0.25) is 0 Å². The maximum absolute atomic E-state index is 2.57. The van der Waals surface area contributed by atoms with Crippen LogP contribution in [0.3, 0.4) is 0 Å². The molecule has 0 heteroatoms. The van der Waals surface area contributed by atoms with Crippen LogP contribution in [0.15, 0.2) is 34.9 Å². The van der Waals surface area contributed by atoms with E-state index < -0.39 is 0 Å². The molecule has 0 amide bonds. The van der Waals surface area contributed by atoms with Crippen molar-refractivity contribution in [2.75, 3.05) is 0 Å².